The van der Waals surface area contributed by atoms with Crippen LogP contribution in [0.25, 0.3) is 11.1 Å². The van der Waals surface area contributed by atoms with Gasteiger partial charge in [0.05, 0.1) is 0 Å². The van der Waals surface area contributed by atoms with Gasteiger partial charge in [-0.15, -0.1) is 5.73 Å². The highest BCUT2D eigenvalue weighted by Gasteiger charge is 2.20. The zero-order valence-electron chi connectivity index (χ0n) is 30.3. The second-order valence-corrected chi connectivity index (χ2v) is 14.2. The van der Waals surface area contributed by atoms with Gasteiger partial charge in [-0.2, -0.15) is 0 Å². The summed E-state index contributed by atoms with van der Waals surface area (Å²) in [6.45, 7) is 6.76. The summed E-state index contributed by atoms with van der Waals surface area (Å²) < 4.78 is 0. The van der Waals surface area contributed by atoms with Crippen molar-refractivity contribution in [3.05, 3.63) is 251 Å². The van der Waals surface area contributed by atoms with E-state index in [2.05, 4.69) is 232 Å². The molecule has 0 aliphatic heterocycles. The topological polar surface area (TPSA) is 3.24 Å². The summed E-state index contributed by atoms with van der Waals surface area (Å²) in [6, 6.07) is 41.3. The van der Waals surface area contributed by atoms with Gasteiger partial charge in [-0.25, -0.2) is 0 Å². The van der Waals surface area contributed by atoms with Crippen LogP contribution in [0.3, 0.4) is 0 Å². The number of benzene rings is 4. The Hall–Kier alpha value is -6.14. The molecule has 0 amide bonds. The van der Waals surface area contributed by atoms with Crippen LogP contribution >= 0.6 is 0 Å². The largest absolute Gasteiger partial charge is 0.311 e. The molecule has 0 bridgehead atoms. The summed E-state index contributed by atoms with van der Waals surface area (Å²) in [4.78, 5) is 2.33. The minimum Gasteiger partial charge on any atom is -0.311 e. The Labute approximate surface area is 310 Å². The summed E-state index contributed by atoms with van der Waals surface area (Å²) in [7, 11) is 0. The maximum Gasteiger partial charge on any atom is 0.0461 e. The average Bonchev–Trinajstić information content (AvgIpc) is 3.70. The minimum absolute atomic E-state index is 0.0208. The van der Waals surface area contributed by atoms with Gasteiger partial charge in [0.25, 0.3) is 0 Å². The van der Waals surface area contributed by atoms with Gasteiger partial charge in [0.1, 0.15) is 0 Å². The molecule has 52 heavy (non-hydrogen) atoms. The van der Waals surface area contributed by atoms with E-state index < -0.39 is 0 Å². The summed E-state index contributed by atoms with van der Waals surface area (Å²) in [5.74, 6) is 0.131. The monoisotopic (exact) mass is 671 g/mol. The molecule has 3 aliphatic carbocycles. The molecule has 3 aliphatic rings. The van der Waals surface area contributed by atoms with Crippen LogP contribution in [0.4, 0.5) is 5.69 Å². The van der Waals surface area contributed by atoms with Crippen molar-refractivity contribution >= 4 is 16.8 Å². The van der Waals surface area contributed by atoms with Crippen molar-refractivity contribution in [3.8, 4) is 0 Å². The first-order chi connectivity index (χ1) is 25.5. The zero-order valence-corrected chi connectivity index (χ0v) is 30.3. The second kappa shape index (κ2) is 15.8. The lowest BCUT2D eigenvalue weighted by Crippen LogP contribution is -2.19. The van der Waals surface area contributed by atoms with E-state index in [9.17, 15) is 0 Å². The highest BCUT2D eigenvalue weighted by atomic mass is 15.1. The standard InChI is InChI=1S/C51H45N/c1-51(2,3)45-25-17-24-43(35-37-45)50(49(41-19-9-6-10-20-41)42-21-11-7-12-22-42)44-33-31-40(32-34-44)39-23-18-30-48(38-36-39)52(47-28-15-8-16-29-47)46-26-13-4-5-14-27-46/h4,6-16,18-39H,5H2,1-3H3. The van der Waals surface area contributed by atoms with E-state index in [1.54, 1.807) is 0 Å². The fraction of sp³-hybridized carbons (Fsp3) is 0.118. The first-order valence-corrected chi connectivity index (χ1v) is 18.2. The number of hydrogen-bond acceptors (Lipinski definition) is 1. The number of anilines is 1. The van der Waals surface area contributed by atoms with E-state index in [0.29, 0.717) is 0 Å². The fourth-order valence-corrected chi connectivity index (χ4v) is 6.82. The van der Waals surface area contributed by atoms with E-state index in [1.165, 1.54) is 39.0 Å². The lowest BCUT2D eigenvalue weighted by atomic mass is 9.84. The molecule has 254 valence electrons. The molecule has 0 spiro atoms. The smallest absolute Gasteiger partial charge is 0.0461 e. The van der Waals surface area contributed by atoms with Gasteiger partial charge < -0.3 is 4.90 Å². The van der Waals surface area contributed by atoms with E-state index in [-0.39, 0.29) is 11.3 Å². The maximum atomic E-state index is 3.52. The molecule has 1 atom stereocenters. The van der Waals surface area contributed by atoms with E-state index in [1.807, 2.05) is 0 Å². The zero-order chi connectivity index (χ0) is 35.8. The Morgan fingerprint density at radius 3 is 1.87 bits per heavy atom. The third-order valence-electron chi connectivity index (χ3n) is 9.59. The number of nitrogens with zero attached hydrogens (tertiary/aromatic N) is 1. The average molecular weight is 672 g/mol. The van der Waals surface area contributed by atoms with Crippen molar-refractivity contribution in [3.63, 3.8) is 0 Å². The number of para-hydroxylation sites is 1. The number of allylic oxidation sites excluding steroid dienone is 16. The number of rotatable bonds is 8. The molecule has 0 saturated carbocycles. The minimum atomic E-state index is 0.0208. The van der Waals surface area contributed by atoms with Gasteiger partial charge in [0.2, 0.25) is 0 Å². The van der Waals surface area contributed by atoms with Crippen LogP contribution in [-0.2, 0) is 0 Å². The highest BCUT2D eigenvalue weighted by molar-refractivity contribution is 6.05. The molecule has 7 rings (SSSR count). The van der Waals surface area contributed by atoms with Crippen LogP contribution < -0.4 is 4.90 Å². The lowest BCUT2D eigenvalue weighted by Gasteiger charge is -2.27. The van der Waals surface area contributed by atoms with Gasteiger partial charge >= 0.3 is 0 Å². The molecule has 0 radical (unpaired) electrons. The van der Waals surface area contributed by atoms with Crippen LogP contribution in [0.15, 0.2) is 229 Å². The van der Waals surface area contributed by atoms with Gasteiger partial charge in [-0.05, 0) is 105 Å². The Kier molecular flexibility index (Phi) is 10.4. The molecule has 1 heteroatoms. The molecular formula is C51H45N. The molecular weight excluding hydrogens is 627 g/mol. The van der Waals surface area contributed by atoms with Crippen molar-refractivity contribution in [1.82, 2.24) is 0 Å². The Morgan fingerprint density at radius 2 is 1.19 bits per heavy atom. The Balaban J connectivity index is 1.28. The first-order valence-electron chi connectivity index (χ1n) is 18.2. The van der Waals surface area contributed by atoms with E-state index in [4.69, 9.17) is 0 Å². The quantitative estimate of drug-likeness (QED) is 0.133. The molecule has 0 N–H and O–H groups in total. The summed E-state index contributed by atoms with van der Waals surface area (Å²) in [5, 5.41) is 0. The van der Waals surface area contributed by atoms with Crippen LogP contribution in [-0.4, -0.2) is 0 Å². The predicted octanol–water partition coefficient (Wildman–Crippen LogP) is 13.3. The highest BCUT2D eigenvalue weighted by Crippen LogP contribution is 2.39. The van der Waals surface area contributed by atoms with Crippen LogP contribution in [0.5, 0.6) is 0 Å². The predicted molar refractivity (Wildman–Crippen MR) is 223 cm³/mol. The van der Waals surface area contributed by atoms with Crippen molar-refractivity contribution in [2.75, 3.05) is 4.90 Å². The number of hydrogen-bond donors (Lipinski definition) is 0. The van der Waals surface area contributed by atoms with Gasteiger partial charge in [0.15, 0.2) is 0 Å². The first kappa shape index (κ1) is 34.3. The van der Waals surface area contributed by atoms with Crippen LogP contribution in [0.1, 0.15) is 55.4 Å². The van der Waals surface area contributed by atoms with Crippen LogP contribution in [0, 0.1) is 5.41 Å². The van der Waals surface area contributed by atoms with Crippen molar-refractivity contribution in [2.24, 2.45) is 5.41 Å². The SMILES string of the molecule is CC(C)(C)C1=CC=C(C(=C(c2ccccc2)c2ccccc2)c2ccc(C3C=CC=C(N(C4=CC=CCC=C4)c4ccccc4)C=C3)cc2)C=C=C1. The summed E-state index contributed by atoms with van der Waals surface area (Å²) in [6.07, 6.45) is 31.9. The lowest BCUT2D eigenvalue weighted by molar-refractivity contribution is 0.517. The third kappa shape index (κ3) is 7.92. The Morgan fingerprint density at radius 1 is 0.577 bits per heavy atom. The molecule has 0 heterocycles. The molecule has 4 aromatic rings. The molecule has 0 aromatic heterocycles. The van der Waals surface area contributed by atoms with Crippen molar-refractivity contribution in [2.45, 2.75) is 33.1 Å². The second-order valence-electron chi connectivity index (χ2n) is 14.2. The van der Waals surface area contributed by atoms with E-state index in [0.717, 1.165) is 29.1 Å². The van der Waals surface area contributed by atoms with E-state index >= 15 is 0 Å². The molecule has 0 saturated heterocycles. The van der Waals surface area contributed by atoms with Gasteiger partial charge in [0, 0.05) is 23.0 Å². The summed E-state index contributed by atoms with van der Waals surface area (Å²) >= 11 is 0. The molecule has 4 aromatic carbocycles. The normalized spacial score (nSPS) is 16.6. The van der Waals surface area contributed by atoms with Gasteiger partial charge in [-0.1, -0.05) is 173 Å². The molecule has 1 unspecified atom stereocenters. The summed E-state index contributed by atoms with van der Waals surface area (Å²) in [5.41, 5.74) is 16.5. The van der Waals surface area contributed by atoms with Crippen molar-refractivity contribution in [1.29, 1.82) is 0 Å². The molecule has 0 fully saturated rings. The fourth-order valence-electron chi connectivity index (χ4n) is 6.82. The maximum absolute atomic E-state index is 3.52. The third-order valence-corrected chi connectivity index (χ3v) is 9.59. The van der Waals surface area contributed by atoms with Crippen molar-refractivity contribution < 1.29 is 0 Å². The van der Waals surface area contributed by atoms with Gasteiger partial charge in [-0.3, -0.25) is 0 Å². The van der Waals surface area contributed by atoms with Crippen LogP contribution in [0.2, 0.25) is 0 Å². The Bertz CT molecular complexity index is 2190. The molecule has 1 nitrogen and oxygen atoms in total.